The second-order valence-electron chi connectivity index (χ2n) is 5.32. The number of hydrogen-bond donors (Lipinski definition) is 1. The number of nitrogens with one attached hydrogen (secondary N) is 1. The molecule has 2 aromatic rings. The number of amides is 1. The molecule has 0 fully saturated rings. The number of rotatable bonds is 5. The van der Waals surface area contributed by atoms with E-state index in [0.29, 0.717) is 22.1 Å². The quantitative estimate of drug-likeness (QED) is 0.625. The number of anilines is 1. The van der Waals surface area contributed by atoms with Crippen molar-refractivity contribution in [1.29, 1.82) is 0 Å². The first-order valence-corrected chi connectivity index (χ1v) is 10.2. The second-order valence-corrected chi connectivity index (χ2v) is 8.89. The lowest BCUT2D eigenvalue weighted by Crippen LogP contribution is -2.25. The number of carbonyl (C=O) groups excluding carboxylic acids is 1. The maximum atomic E-state index is 12.6. The summed E-state index contributed by atoms with van der Waals surface area (Å²) in [7, 11) is 0. The minimum Gasteiger partial charge on any atom is -0.300 e. The first kappa shape index (κ1) is 17.4. The van der Waals surface area contributed by atoms with Crippen molar-refractivity contribution >= 4 is 45.9 Å². The normalized spacial score (nSPS) is 16.2. The van der Waals surface area contributed by atoms with Crippen LogP contribution in [0.15, 0.2) is 14.8 Å². The summed E-state index contributed by atoms with van der Waals surface area (Å²) in [5.74, 6) is -0.0108. The molecule has 0 spiro atoms. The molecule has 3 rings (SSSR count). The highest BCUT2D eigenvalue weighted by molar-refractivity contribution is 8.00. The highest BCUT2D eigenvalue weighted by Crippen LogP contribution is 2.34. The number of hydrogen-bond acceptors (Lipinski definition) is 8. The van der Waals surface area contributed by atoms with Crippen LogP contribution in [0.3, 0.4) is 0 Å². The highest BCUT2D eigenvalue weighted by Gasteiger charge is 2.26. The average molecular weight is 384 g/mol. The van der Waals surface area contributed by atoms with Gasteiger partial charge in [0.15, 0.2) is 5.16 Å². The number of fused-ring (bicyclic) bond motifs is 1. The number of carbonyl (C=O) groups is 1. The molecule has 0 saturated heterocycles. The van der Waals surface area contributed by atoms with E-state index in [1.54, 1.807) is 16.3 Å². The molecule has 1 amide bonds. The molecule has 2 aromatic heterocycles. The lowest BCUT2D eigenvalue weighted by Gasteiger charge is -2.11. The topological polar surface area (TPSA) is 89.8 Å². The van der Waals surface area contributed by atoms with Crippen LogP contribution in [0.5, 0.6) is 0 Å². The summed E-state index contributed by atoms with van der Waals surface area (Å²) < 4.78 is 1.64. The monoisotopic (exact) mass is 383 g/mol. The minimum absolute atomic E-state index is 0.000457. The van der Waals surface area contributed by atoms with Crippen molar-refractivity contribution in [2.45, 2.75) is 49.0 Å². The predicted molar refractivity (Wildman–Crippen MR) is 97.2 cm³/mol. The molecule has 1 N–H and O–H groups in total. The highest BCUT2D eigenvalue weighted by atomic mass is 32.2. The molecule has 3 heterocycles. The van der Waals surface area contributed by atoms with Crippen LogP contribution in [0.2, 0.25) is 0 Å². The van der Waals surface area contributed by atoms with Crippen LogP contribution >= 0.6 is 34.9 Å². The third-order valence-corrected chi connectivity index (χ3v) is 6.33. The van der Waals surface area contributed by atoms with E-state index in [1.165, 1.54) is 23.1 Å². The lowest BCUT2D eigenvalue weighted by molar-refractivity contribution is -0.113. The molecule has 128 valence electrons. The van der Waals surface area contributed by atoms with Gasteiger partial charge < -0.3 is 0 Å². The van der Waals surface area contributed by atoms with Gasteiger partial charge in [0.25, 0.3) is 5.56 Å². The Morgan fingerprint density at radius 3 is 2.92 bits per heavy atom. The molecule has 1 atom stereocenters. The van der Waals surface area contributed by atoms with E-state index < -0.39 is 0 Å². The SMILES string of the molecule is CCn1c(SCC(=O)Nc2nnc(C)s2)nc2c(c1=O)S[C@@H](C)C2. The van der Waals surface area contributed by atoms with Gasteiger partial charge in [-0.3, -0.25) is 19.5 Å². The third kappa shape index (κ3) is 3.65. The minimum atomic E-state index is -0.184. The second kappa shape index (κ2) is 7.24. The van der Waals surface area contributed by atoms with Crippen LogP contribution in [0, 0.1) is 6.92 Å². The zero-order valence-corrected chi connectivity index (χ0v) is 16.0. The average Bonchev–Trinajstić information content (AvgIpc) is 3.10. The van der Waals surface area contributed by atoms with Crippen molar-refractivity contribution in [3.8, 4) is 0 Å². The Kier molecular flexibility index (Phi) is 5.26. The number of aryl methyl sites for hydroxylation is 1. The molecular formula is C14H17N5O2S3. The molecule has 0 bridgehead atoms. The van der Waals surface area contributed by atoms with Gasteiger partial charge in [-0.25, -0.2) is 4.98 Å². The van der Waals surface area contributed by atoms with E-state index >= 15 is 0 Å². The Morgan fingerprint density at radius 1 is 1.46 bits per heavy atom. The summed E-state index contributed by atoms with van der Waals surface area (Å²) >= 11 is 4.19. The fraction of sp³-hybridized carbons (Fsp3) is 0.500. The van der Waals surface area contributed by atoms with E-state index in [2.05, 4.69) is 27.4 Å². The van der Waals surface area contributed by atoms with Crippen LogP contribution in [0.1, 0.15) is 24.5 Å². The summed E-state index contributed by atoms with van der Waals surface area (Å²) in [6.07, 6.45) is 0.795. The first-order valence-electron chi connectivity index (χ1n) is 7.51. The number of nitrogens with zero attached hydrogens (tertiary/aromatic N) is 4. The van der Waals surface area contributed by atoms with Crippen LogP contribution in [0.4, 0.5) is 5.13 Å². The molecule has 0 unspecified atom stereocenters. The summed E-state index contributed by atoms with van der Waals surface area (Å²) in [5, 5.41) is 12.7. The fourth-order valence-corrected chi connectivity index (χ4v) is 4.96. The number of thioether (sulfide) groups is 2. The van der Waals surface area contributed by atoms with Gasteiger partial charge in [-0.2, -0.15) is 0 Å². The summed E-state index contributed by atoms with van der Waals surface area (Å²) in [6.45, 7) is 6.36. The van der Waals surface area contributed by atoms with Crippen molar-refractivity contribution in [2.24, 2.45) is 0 Å². The van der Waals surface area contributed by atoms with Gasteiger partial charge in [-0.05, 0) is 13.8 Å². The van der Waals surface area contributed by atoms with Gasteiger partial charge in [-0.15, -0.1) is 22.0 Å². The van der Waals surface area contributed by atoms with Crippen molar-refractivity contribution in [3.63, 3.8) is 0 Å². The zero-order valence-electron chi connectivity index (χ0n) is 13.5. The lowest BCUT2D eigenvalue weighted by atomic mass is 10.2. The van der Waals surface area contributed by atoms with Crippen molar-refractivity contribution in [1.82, 2.24) is 19.7 Å². The van der Waals surface area contributed by atoms with Gasteiger partial charge >= 0.3 is 0 Å². The maximum Gasteiger partial charge on any atom is 0.268 e. The van der Waals surface area contributed by atoms with Crippen LogP contribution < -0.4 is 10.9 Å². The predicted octanol–water partition coefficient (Wildman–Crippen LogP) is 2.19. The van der Waals surface area contributed by atoms with Gasteiger partial charge in [0, 0.05) is 18.2 Å². The summed E-state index contributed by atoms with van der Waals surface area (Å²) in [4.78, 5) is 30.0. The standard InChI is InChI=1S/C14H17N5O2S3/c1-4-19-12(21)11-9(5-7(2)23-11)15-14(19)22-6-10(20)16-13-18-17-8(3)24-13/h7H,4-6H2,1-3H3,(H,16,18,20)/t7-/m0/s1. The van der Waals surface area contributed by atoms with E-state index in [-0.39, 0.29) is 17.2 Å². The maximum absolute atomic E-state index is 12.6. The van der Waals surface area contributed by atoms with Gasteiger partial charge in [-0.1, -0.05) is 30.0 Å². The van der Waals surface area contributed by atoms with Crippen molar-refractivity contribution in [2.75, 3.05) is 11.1 Å². The largest absolute Gasteiger partial charge is 0.300 e. The van der Waals surface area contributed by atoms with E-state index in [0.717, 1.165) is 22.0 Å². The molecule has 7 nitrogen and oxygen atoms in total. The van der Waals surface area contributed by atoms with Crippen LogP contribution in [-0.2, 0) is 17.8 Å². The van der Waals surface area contributed by atoms with Crippen LogP contribution in [0.25, 0.3) is 0 Å². The van der Waals surface area contributed by atoms with Gasteiger partial charge in [0.05, 0.1) is 16.3 Å². The first-order chi connectivity index (χ1) is 11.5. The van der Waals surface area contributed by atoms with Gasteiger partial charge in [0.2, 0.25) is 11.0 Å². The fourth-order valence-electron chi connectivity index (χ4n) is 2.35. The number of aromatic nitrogens is 4. The smallest absolute Gasteiger partial charge is 0.268 e. The zero-order chi connectivity index (χ0) is 17.3. The molecule has 1 aliphatic rings. The molecule has 10 heteroatoms. The Labute approximate surface area is 151 Å². The van der Waals surface area contributed by atoms with E-state index in [9.17, 15) is 9.59 Å². The summed E-state index contributed by atoms with van der Waals surface area (Å²) in [6, 6.07) is 0. The molecule has 24 heavy (non-hydrogen) atoms. The molecule has 0 aromatic carbocycles. The molecule has 1 aliphatic heterocycles. The van der Waals surface area contributed by atoms with E-state index in [4.69, 9.17) is 0 Å². The molecular weight excluding hydrogens is 366 g/mol. The molecule has 0 radical (unpaired) electrons. The van der Waals surface area contributed by atoms with Crippen molar-refractivity contribution < 1.29 is 4.79 Å². The van der Waals surface area contributed by atoms with Crippen molar-refractivity contribution in [3.05, 3.63) is 21.1 Å². The summed E-state index contributed by atoms with van der Waals surface area (Å²) in [5.41, 5.74) is 0.851. The Bertz CT molecular complexity index is 832. The molecule has 0 saturated carbocycles. The van der Waals surface area contributed by atoms with Gasteiger partial charge in [0.1, 0.15) is 5.01 Å². The molecule has 0 aliphatic carbocycles. The Morgan fingerprint density at radius 2 is 2.25 bits per heavy atom. The van der Waals surface area contributed by atoms with Crippen LogP contribution in [-0.4, -0.2) is 36.7 Å². The van der Waals surface area contributed by atoms with E-state index in [1.807, 2.05) is 13.8 Å². The Hall–Kier alpha value is -1.39. The Balaban J connectivity index is 1.73. The third-order valence-electron chi connectivity index (χ3n) is 3.38.